The van der Waals surface area contributed by atoms with Crippen molar-refractivity contribution < 1.29 is 22.6 Å². The molecular weight excluding hydrogens is 428 g/mol. The highest BCUT2D eigenvalue weighted by Crippen LogP contribution is 2.32. The lowest BCUT2D eigenvalue weighted by Gasteiger charge is -2.15. The van der Waals surface area contributed by atoms with Crippen LogP contribution in [-0.4, -0.2) is 22.6 Å². The van der Waals surface area contributed by atoms with Crippen molar-refractivity contribution in [3.8, 4) is 23.0 Å². The van der Waals surface area contributed by atoms with Gasteiger partial charge in [-0.2, -0.15) is 0 Å². The molecule has 3 aromatic rings. The molecule has 0 bridgehead atoms. The summed E-state index contributed by atoms with van der Waals surface area (Å²) in [5, 5.41) is 0.544. The highest BCUT2D eigenvalue weighted by atomic mass is 35.5. The van der Waals surface area contributed by atoms with Crippen LogP contribution in [0, 0.1) is 0 Å². The third-order valence-electron chi connectivity index (χ3n) is 4.25. The molecule has 0 radical (unpaired) electrons. The number of halogens is 1. The SMILES string of the molecule is COc1ccc(CNS(=O)(=O)c2cc(N)ccc2Oc2ccc(Cl)cc2)c(OC)c1. The molecule has 0 aliphatic carbocycles. The summed E-state index contributed by atoms with van der Waals surface area (Å²) in [7, 11) is -0.905. The zero-order valence-electron chi connectivity index (χ0n) is 16.4. The summed E-state index contributed by atoms with van der Waals surface area (Å²) in [4.78, 5) is -0.0788. The number of hydrogen-bond acceptors (Lipinski definition) is 6. The van der Waals surface area contributed by atoms with Crippen molar-refractivity contribution in [2.24, 2.45) is 0 Å². The lowest BCUT2D eigenvalue weighted by Crippen LogP contribution is -2.24. The lowest BCUT2D eigenvalue weighted by molar-refractivity contribution is 0.390. The number of methoxy groups -OCH3 is 2. The number of rotatable bonds is 8. The molecule has 0 aliphatic heterocycles. The maximum atomic E-state index is 13.0. The van der Waals surface area contributed by atoms with Crippen LogP contribution in [0.3, 0.4) is 0 Å². The Morgan fingerprint density at radius 1 is 0.900 bits per heavy atom. The van der Waals surface area contributed by atoms with Crippen molar-refractivity contribution in [2.45, 2.75) is 11.4 Å². The van der Waals surface area contributed by atoms with Gasteiger partial charge in [0.05, 0.1) is 14.2 Å². The number of nitrogens with two attached hydrogens (primary N) is 1. The Morgan fingerprint density at radius 3 is 2.27 bits per heavy atom. The van der Waals surface area contributed by atoms with Crippen molar-refractivity contribution in [1.29, 1.82) is 0 Å². The molecule has 0 unspecified atom stereocenters. The van der Waals surface area contributed by atoms with Crippen LogP contribution in [0.2, 0.25) is 5.02 Å². The first-order chi connectivity index (χ1) is 14.3. The Balaban J connectivity index is 1.87. The van der Waals surface area contributed by atoms with Crippen LogP contribution < -0.4 is 24.7 Å². The van der Waals surface area contributed by atoms with Crippen molar-refractivity contribution in [3.05, 3.63) is 71.2 Å². The number of nitrogens with one attached hydrogen (secondary N) is 1. The van der Waals surface area contributed by atoms with Gasteiger partial charge in [0.1, 0.15) is 27.9 Å². The average Bonchev–Trinajstić information content (AvgIpc) is 2.75. The summed E-state index contributed by atoms with van der Waals surface area (Å²) in [5.74, 6) is 1.69. The topological polar surface area (TPSA) is 99.9 Å². The van der Waals surface area contributed by atoms with Gasteiger partial charge >= 0.3 is 0 Å². The van der Waals surface area contributed by atoms with Gasteiger partial charge in [-0.15, -0.1) is 0 Å². The summed E-state index contributed by atoms with van der Waals surface area (Å²) in [6.45, 7) is 0.00465. The zero-order valence-corrected chi connectivity index (χ0v) is 18.0. The van der Waals surface area contributed by atoms with Gasteiger partial charge in [0.15, 0.2) is 0 Å². The highest BCUT2D eigenvalue weighted by molar-refractivity contribution is 7.89. The minimum atomic E-state index is -3.95. The van der Waals surface area contributed by atoms with E-state index in [9.17, 15) is 8.42 Å². The Kier molecular flexibility index (Phi) is 6.71. The maximum absolute atomic E-state index is 13.0. The van der Waals surface area contributed by atoms with Gasteiger partial charge in [0.2, 0.25) is 10.0 Å². The maximum Gasteiger partial charge on any atom is 0.244 e. The van der Waals surface area contributed by atoms with Gasteiger partial charge in [0.25, 0.3) is 0 Å². The smallest absolute Gasteiger partial charge is 0.244 e. The van der Waals surface area contributed by atoms with E-state index in [1.54, 1.807) is 55.6 Å². The molecule has 30 heavy (non-hydrogen) atoms. The van der Waals surface area contributed by atoms with E-state index in [2.05, 4.69) is 4.72 Å². The predicted molar refractivity (Wildman–Crippen MR) is 116 cm³/mol. The van der Waals surface area contributed by atoms with Crippen LogP contribution in [0.5, 0.6) is 23.0 Å². The van der Waals surface area contributed by atoms with Gasteiger partial charge < -0.3 is 19.9 Å². The normalized spacial score (nSPS) is 11.2. The molecule has 0 heterocycles. The summed E-state index contributed by atoms with van der Waals surface area (Å²) < 4.78 is 44.8. The number of hydrogen-bond donors (Lipinski definition) is 2. The Morgan fingerprint density at radius 2 is 1.60 bits per heavy atom. The summed E-state index contributed by atoms with van der Waals surface area (Å²) in [6.07, 6.45) is 0. The third-order valence-corrected chi connectivity index (χ3v) is 5.92. The first-order valence-electron chi connectivity index (χ1n) is 8.86. The van der Waals surface area contributed by atoms with Crippen molar-refractivity contribution in [3.63, 3.8) is 0 Å². The Hall–Kier alpha value is -2.94. The third kappa shape index (κ3) is 5.15. The minimum absolute atomic E-state index is 0.00465. The van der Waals surface area contributed by atoms with Gasteiger partial charge in [-0.05, 0) is 48.5 Å². The number of ether oxygens (including phenoxy) is 3. The number of anilines is 1. The van der Waals surface area contributed by atoms with Crippen LogP contribution in [0.25, 0.3) is 0 Å². The highest BCUT2D eigenvalue weighted by Gasteiger charge is 2.21. The summed E-state index contributed by atoms with van der Waals surface area (Å²) in [5.41, 5.74) is 6.76. The molecule has 3 aromatic carbocycles. The van der Waals surface area contributed by atoms with Gasteiger partial charge in [0, 0.05) is 28.9 Å². The lowest BCUT2D eigenvalue weighted by atomic mass is 10.2. The number of benzene rings is 3. The quantitative estimate of drug-likeness (QED) is 0.501. The molecule has 0 aromatic heterocycles. The van der Waals surface area contributed by atoms with Crippen LogP contribution >= 0.6 is 11.6 Å². The van der Waals surface area contributed by atoms with E-state index in [1.807, 2.05) is 0 Å². The van der Waals surface area contributed by atoms with E-state index in [0.29, 0.717) is 33.5 Å². The second-order valence-electron chi connectivity index (χ2n) is 6.26. The number of nitrogen functional groups attached to an aromatic ring is 1. The molecule has 0 atom stereocenters. The molecule has 0 aliphatic rings. The fourth-order valence-electron chi connectivity index (χ4n) is 2.70. The van der Waals surface area contributed by atoms with E-state index in [4.69, 9.17) is 31.5 Å². The molecule has 9 heteroatoms. The first-order valence-corrected chi connectivity index (χ1v) is 10.7. The van der Waals surface area contributed by atoms with E-state index in [1.165, 1.54) is 19.2 Å². The number of sulfonamides is 1. The Labute approximate surface area is 180 Å². The zero-order chi connectivity index (χ0) is 21.7. The van der Waals surface area contributed by atoms with Gasteiger partial charge in [-0.3, -0.25) is 0 Å². The molecule has 0 saturated carbocycles. The first kappa shape index (κ1) is 21.8. The molecule has 7 nitrogen and oxygen atoms in total. The van der Waals surface area contributed by atoms with E-state index in [-0.39, 0.29) is 17.2 Å². The average molecular weight is 449 g/mol. The largest absolute Gasteiger partial charge is 0.497 e. The second-order valence-corrected chi connectivity index (χ2v) is 8.44. The molecule has 0 saturated heterocycles. The van der Waals surface area contributed by atoms with E-state index < -0.39 is 10.0 Å². The summed E-state index contributed by atoms with van der Waals surface area (Å²) >= 11 is 5.89. The van der Waals surface area contributed by atoms with Crippen LogP contribution in [0.15, 0.2) is 65.6 Å². The molecular formula is C21H21ClN2O5S. The minimum Gasteiger partial charge on any atom is -0.497 e. The van der Waals surface area contributed by atoms with Crippen LogP contribution in [0.1, 0.15) is 5.56 Å². The Bertz CT molecular complexity index is 1130. The molecule has 0 fully saturated rings. The molecule has 0 amide bonds. The predicted octanol–water partition coefficient (Wildman–Crippen LogP) is 4.21. The monoisotopic (exact) mass is 448 g/mol. The van der Waals surface area contributed by atoms with Crippen molar-refractivity contribution >= 4 is 27.3 Å². The summed E-state index contributed by atoms with van der Waals surface area (Å²) in [6, 6.07) is 16.1. The van der Waals surface area contributed by atoms with Crippen molar-refractivity contribution in [1.82, 2.24) is 4.72 Å². The second kappa shape index (κ2) is 9.25. The molecule has 0 spiro atoms. The van der Waals surface area contributed by atoms with Crippen molar-refractivity contribution in [2.75, 3.05) is 20.0 Å². The van der Waals surface area contributed by atoms with Crippen LogP contribution in [-0.2, 0) is 16.6 Å². The fourth-order valence-corrected chi connectivity index (χ4v) is 3.99. The standard InChI is InChI=1S/C21H21ClN2O5S/c1-27-18-7-3-14(20(12-18)28-2)13-24-30(25,26)21-11-16(23)6-10-19(21)29-17-8-4-15(22)5-9-17/h3-12,24H,13,23H2,1-2H3. The van der Waals surface area contributed by atoms with E-state index in [0.717, 1.165) is 0 Å². The van der Waals surface area contributed by atoms with Gasteiger partial charge in [-0.1, -0.05) is 17.7 Å². The molecule has 3 N–H and O–H groups in total. The van der Waals surface area contributed by atoms with E-state index >= 15 is 0 Å². The fraction of sp³-hybridized carbons (Fsp3) is 0.143. The molecule has 158 valence electrons. The van der Waals surface area contributed by atoms with Gasteiger partial charge in [-0.25, -0.2) is 13.1 Å². The van der Waals surface area contributed by atoms with Crippen LogP contribution in [0.4, 0.5) is 5.69 Å². The molecule has 3 rings (SSSR count).